The van der Waals surface area contributed by atoms with Crippen molar-refractivity contribution in [1.82, 2.24) is 14.8 Å². The van der Waals surface area contributed by atoms with Crippen molar-refractivity contribution in [3.63, 3.8) is 0 Å². The molecule has 0 aliphatic heterocycles. The fourth-order valence-corrected chi connectivity index (χ4v) is 0.782. The van der Waals surface area contributed by atoms with Crippen LogP contribution in [0, 0.1) is 0 Å². The van der Waals surface area contributed by atoms with Crippen LogP contribution in [-0.2, 0) is 11.3 Å². The van der Waals surface area contributed by atoms with Crippen molar-refractivity contribution in [2.45, 2.75) is 6.54 Å². The van der Waals surface area contributed by atoms with E-state index in [4.69, 9.17) is 5.11 Å². The maximum Gasteiger partial charge on any atom is 1.00 e. The Morgan fingerprint density at radius 2 is 2.55 bits per heavy atom. The first-order chi connectivity index (χ1) is 4.68. The molecule has 0 aromatic carbocycles. The van der Waals surface area contributed by atoms with Gasteiger partial charge in [0.05, 0.1) is 0 Å². The Balaban J connectivity index is 0. The quantitative estimate of drug-likeness (QED) is 0.541. The van der Waals surface area contributed by atoms with Gasteiger partial charge in [-0.15, -0.1) is 5.10 Å². The van der Waals surface area contributed by atoms with Gasteiger partial charge in [-0.1, -0.05) is 0 Å². The number of aliphatic carboxylic acids is 1. The fraction of sp³-hybridized carbons (Fsp3) is 0.250. The molecular weight excluding hydrogens is 209 g/mol. The number of hydrogen-bond acceptors (Lipinski definition) is 3. The monoisotopic (exact) mass is 213 g/mol. The molecule has 0 radical (unpaired) electrons. The second-order valence-electron chi connectivity index (χ2n) is 1.60. The van der Waals surface area contributed by atoms with Gasteiger partial charge in [0.25, 0.3) is 0 Å². The fourth-order valence-electron chi connectivity index (χ4n) is 0.487. The average molecular weight is 214 g/mol. The van der Waals surface area contributed by atoms with E-state index in [0.717, 1.165) is 0 Å². The summed E-state index contributed by atoms with van der Waals surface area (Å²) < 4.78 is 1.63. The summed E-state index contributed by atoms with van der Waals surface area (Å²) in [7, 11) is 0. The number of carboxylic acid groups (broad SMARTS) is 1. The van der Waals surface area contributed by atoms with Gasteiger partial charge in [-0.2, -0.15) is 0 Å². The summed E-state index contributed by atoms with van der Waals surface area (Å²) in [6.45, 7) is -0.154. The minimum Gasteiger partial charge on any atom is -1.00 e. The van der Waals surface area contributed by atoms with Crippen LogP contribution in [0.15, 0.2) is 11.1 Å². The molecule has 0 aliphatic carbocycles. The zero-order valence-electron chi connectivity index (χ0n) is 6.86. The molecule has 0 saturated heterocycles. The third-order valence-electron chi connectivity index (χ3n) is 0.806. The summed E-state index contributed by atoms with van der Waals surface area (Å²) in [5, 5.41) is 12.0. The number of carboxylic acids is 1. The molecule has 0 fully saturated rings. The van der Waals surface area contributed by atoms with E-state index in [-0.39, 0.29) is 26.8 Å². The number of rotatable bonds is 2. The van der Waals surface area contributed by atoms with Gasteiger partial charge in [0.2, 0.25) is 4.73 Å². The van der Waals surface area contributed by atoms with Crippen molar-refractivity contribution in [1.29, 1.82) is 0 Å². The van der Waals surface area contributed by atoms with Gasteiger partial charge in [-0.3, -0.25) is 4.79 Å². The molecule has 0 bridgehead atoms. The topological polar surface area (TPSA) is 68.0 Å². The van der Waals surface area contributed by atoms with Gasteiger partial charge in [-0.05, 0) is 15.9 Å². The van der Waals surface area contributed by atoms with E-state index in [1.54, 1.807) is 0 Å². The predicted molar refractivity (Wildman–Crippen MR) is 36.5 cm³/mol. The van der Waals surface area contributed by atoms with E-state index in [1.165, 1.54) is 11.0 Å². The Kier molecular flexibility index (Phi) is 4.41. The molecule has 1 rings (SSSR count). The average Bonchev–Trinajstić information content (AvgIpc) is 2.13. The number of nitrogens with zero attached hydrogens (tertiary/aromatic N) is 3. The van der Waals surface area contributed by atoms with Gasteiger partial charge in [0, 0.05) is 0 Å². The standard InChI is InChI=1S/C4H4BrN3O2.Li.H/c5-4-6-2-8(7-4)1-3(9)10;;/h2H,1H2,(H,9,10);;/q;+1;-1. The van der Waals surface area contributed by atoms with Crippen LogP contribution >= 0.6 is 15.9 Å². The predicted octanol–water partition coefficient (Wildman–Crippen LogP) is -2.76. The van der Waals surface area contributed by atoms with Crippen LogP contribution in [0.5, 0.6) is 0 Å². The Labute approximate surface area is 84.6 Å². The van der Waals surface area contributed by atoms with Crippen molar-refractivity contribution < 1.29 is 30.2 Å². The zero-order valence-corrected chi connectivity index (χ0v) is 7.45. The summed E-state index contributed by atoms with van der Waals surface area (Å²) >= 11 is 2.99. The summed E-state index contributed by atoms with van der Waals surface area (Å²) in [5.74, 6) is -0.933. The molecule has 1 heterocycles. The number of hydrogen-bond donors (Lipinski definition) is 1. The van der Waals surface area contributed by atoms with Crippen molar-refractivity contribution in [3.05, 3.63) is 11.1 Å². The van der Waals surface area contributed by atoms with Crippen LogP contribution < -0.4 is 18.9 Å². The molecule has 0 unspecified atom stereocenters. The van der Waals surface area contributed by atoms with Crippen molar-refractivity contribution >= 4 is 21.9 Å². The van der Waals surface area contributed by atoms with E-state index in [2.05, 4.69) is 26.0 Å². The van der Waals surface area contributed by atoms with Crippen molar-refractivity contribution in [3.8, 4) is 0 Å². The molecule has 1 aromatic rings. The third-order valence-corrected chi connectivity index (χ3v) is 1.17. The molecule has 0 aliphatic rings. The molecule has 0 amide bonds. The van der Waals surface area contributed by atoms with Crippen LogP contribution in [0.2, 0.25) is 0 Å². The molecule has 11 heavy (non-hydrogen) atoms. The van der Waals surface area contributed by atoms with Crippen LogP contribution in [0.1, 0.15) is 1.43 Å². The van der Waals surface area contributed by atoms with Crippen LogP contribution in [-0.4, -0.2) is 25.8 Å². The largest absolute Gasteiger partial charge is 1.00 e. The molecular formula is C4H5BrLiN3O2. The smallest absolute Gasteiger partial charge is 1.00 e. The number of carbonyl (C=O) groups is 1. The second-order valence-corrected chi connectivity index (χ2v) is 2.31. The normalized spacial score (nSPS) is 8.82. The first-order valence-corrected chi connectivity index (χ1v) is 3.24. The second kappa shape index (κ2) is 4.54. The van der Waals surface area contributed by atoms with E-state index < -0.39 is 5.97 Å². The zero-order chi connectivity index (χ0) is 7.56. The molecule has 0 saturated carbocycles. The van der Waals surface area contributed by atoms with E-state index in [1.807, 2.05) is 0 Å². The van der Waals surface area contributed by atoms with Gasteiger partial charge in [0.1, 0.15) is 12.9 Å². The summed E-state index contributed by atoms with van der Waals surface area (Å²) in [5.41, 5.74) is 0. The number of halogens is 1. The van der Waals surface area contributed by atoms with Gasteiger partial charge in [-0.25, -0.2) is 9.67 Å². The molecule has 0 spiro atoms. The number of aromatic nitrogens is 3. The Morgan fingerprint density at radius 3 is 2.91 bits per heavy atom. The Hall–Kier alpha value is -0.313. The third kappa shape index (κ3) is 3.56. The van der Waals surface area contributed by atoms with Crippen LogP contribution in [0.4, 0.5) is 0 Å². The molecule has 1 N–H and O–H groups in total. The molecule has 7 heteroatoms. The first-order valence-electron chi connectivity index (χ1n) is 2.45. The summed E-state index contributed by atoms with van der Waals surface area (Å²) in [6.07, 6.45) is 1.35. The molecule has 56 valence electrons. The maximum absolute atomic E-state index is 10.1. The Morgan fingerprint density at radius 1 is 1.91 bits per heavy atom. The van der Waals surface area contributed by atoms with Crippen molar-refractivity contribution in [2.75, 3.05) is 0 Å². The van der Waals surface area contributed by atoms with Gasteiger partial charge in [0.15, 0.2) is 0 Å². The van der Waals surface area contributed by atoms with E-state index in [0.29, 0.717) is 4.73 Å². The minimum absolute atomic E-state index is 0. The van der Waals surface area contributed by atoms with Crippen LogP contribution in [0.3, 0.4) is 0 Å². The minimum atomic E-state index is -0.933. The van der Waals surface area contributed by atoms with Crippen LogP contribution in [0.25, 0.3) is 0 Å². The molecule has 0 atom stereocenters. The van der Waals surface area contributed by atoms with Gasteiger partial charge < -0.3 is 6.53 Å². The summed E-state index contributed by atoms with van der Waals surface area (Å²) in [4.78, 5) is 13.7. The van der Waals surface area contributed by atoms with E-state index >= 15 is 0 Å². The first kappa shape index (κ1) is 10.7. The van der Waals surface area contributed by atoms with Gasteiger partial charge >= 0.3 is 24.8 Å². The van der Waals surface area contributed by atoms with Crippen molar-refractivity contribution in [2.24, 2.45) is 0 Å². The Bertz CT molecular complexity index is 256. The molecule has 5 nitrogen and oxygen atoms in total. The molecule has 1 aromatic heterocycles. The SMILES string of the molecule is O=C(O)Cn1cnc(Br)n1.[H-].[Li+]. The summed E-state index contributed by atoms with van der Waals surface area (Å²) in [6, 6.07) is 0. The van der Waals surface area contributed by atoms with E-state index in [9.17, 15) is 4.79 Å². The maximum atomic E-state index is 10.1.